The molecule has 124 valence electrons. The molecule has 0 saturated heterocycles. The summed E-state index contributed by atoms with van der Waals surface area (Å²) in [4.78, 5) is 5.78. The van der Waals surface area contributed by atoms with E-state index < -0.39 is 0 Å². The maximum atomic E-state index is 3.67. The maximum absolute atomic E-state index is 3.67. The number of rotatable bonds is 6. The third kappa shape index (κ3) is 4.05. The lowest BCUT2D eigenvalue weighted by Gasteiger charge is -2.28. The summed E-state index contributed by atoms with van der Waals surface area (Å²) in [6, 6.07) is 6.77. The van der Waals surface area contributed by atoms with E-state index in [1.54, 1.807) is 11.8 Å². The maximum Gasteiger partial charge on any atom is 0.0570 e. The van der Waals surface area contributed by atoms with Crippen LogP contribution in [0.25, 0.3) is 5.57 Å². The zero-order valence-electron chi connectivity index (χ0n) is 14.6. The molecule has 1 aromatic carbocycles. The molecule has 0 aromatic heterocycles. The lowest BCUT2D eigenvalue weighted by atomic mass is 10.0. The van der Waals surface area contributed by atoms with Crippen molar-refractivity contribution in [2.24, 2.45) is 5.92 Å². The van der Waals surface area contributed by atoms with Crippen molar-refractivity contribution < 1.29 is 0 Å². The van der Waals surface area contributed by atoms with Crippen LogP contribution in [-0.2, 0) is 0 Å². The number of hydrogen-bond donors (Lipinski definition) is 1. The molecule has 4 heteroatoms. The Morgan fingerprint density at radius 1 is 1.30 bits per heavy atom. The molecule has 1 saturated carbocycles. The molecule has 2 aliphatic rings. The van der Waals surface area contributed by atoms with Crippen LogP contribution >= 0.6 is 11.8 Å². The van der Waals surface area contributed by atoms with Gasteiger partial charge in [0, 0.05) is 61.3 Å². The lowest BCUT2D eigenvalue weighted by Crippen LogP contribution is -2.26. The van der Waals surface area contributed by atoms with Gasteiger partial charge in [-0.15, -0.1) is 11.8 Å². The Kier molecular flexibility index (Phi) is 4.90. The van der Waals surface area contributed by atoms with Gasteiger partial charge < -0.3 is 15.1 Å². The number of anilines is 1. The Bertz CT molecular complexity index is 630. The fourth-order valence-electron chi connectivity index (χ4n) is 2.84. The molecule has 1 N–H and O–H groups in total. The lowest BCUT2D eigenvalue weighted by molar-refractivity contribution is 0.404. The Morgan fingerprint density at radius 3 is 2.74 bits per heavy atom. The third-order valence-corrected chi connectivity index (χ3v) is 5.21. The van der Waals surface area contributed by atoms with E-state index in [2.05, 4.69) is 73.0 Å². The molecule has 1 fully saturated rings. The molecule has 0 amide bonds. The van der Waals surface area contributed by atoms with E-state index in [0.717, 1.165) is 19.0 Å². The van der Waals surface area contributed by atoms with Gasteiger partial charge in [-0.2, -0.15) is 0 Å². The van der Waals surface area contributed by atoms with Crippen molar-refractivity contribution in [3.05, 3.63) is 41.7 Å². The number of hydrogen-bond acceptors (Lipinski definition) is 4. The quantitative estimate of drug-likeness (QED) is 0.796. The molecule has 0 unspecified atom stereocenters. The van der Waals surface area contributed by atoms with Crippen molar-refractivity contribution in [3.8, 4) is 0 Å². The normalized spacial score (nSPS) is 17.7. The number of nitrogens with zero attached hydrogens (tertiary/aromatic N) is 2. The zero-order chi connectivity index (χ0) is 16.4. The second-order valence-electron chi connectivity index (χ2n) is 6.77. The van der Waals surface area contributed by atoms with E-state index in [9.17, 15) is 0 Å². The first-order chi connectivity index (χ1) is 11.1. The summed E-state index contributed by atoms with van der Waals surface area (Å²) in [5, 5.41) is 3.67. The smallest absolute Gasteiger partial charge is 0.0570 e. The van der Waals surface area contributed by atoms with Crippen molar-refractivity contribution in [1.29, 1.82) is 0 Å². The largest absolute Gasteiger partial charge is 0.384 e. The fourth-order valence-corrected chi connectivity index (χ4v) is 3.28. The van der Waals surface area contributed by atoms with Crippen molar-refractivity contribution >= 4 is 23.0 Å². The molecule has 0 atom stereocenters. The van der Waals surface area contributed by atoms with Gasteiger partial charge in [0.15, 0.2) is 0 Å². The second-order valence-corrected chi connectivity index (χ2v) is 7.65. The van der Waals surface area contributed by atoms with Gasteiger partial charge in [-0.3, -0.25) is 0 Å². The molecule has 0 bridgehead atoms. The van der Waals surface area contributed by atoms with Crippen LogP contribution in [0.1, 0.15) is 18.4 Å². The standard InChI is InChI=1S/C19H27N3S/c1-21(2)16-9-15(12-22(3)13-16)18-10-17(23-4)7-8-19(18)20-11-14-5-6-14/h7-10,12,14,20H,5-6,11,13H2,1-4H3. The number of allylic oxidation sites excluding steroid dienone is 2. The van der Waals surface area contributed by atoms with Gasteiger partial charge in [0.05, 0.1) is 6.54 Å². The summed E-state index contributed by atoms with van der Waals surface area (Å²) >= 11 is 1.80. The van der Waals surface area contributed by atoms with Crippen LogP contribution in [0.4, 0.5) is 5.69 Å². The van der Waals surface area contributed by atoms with Crippen molar-refractivity contribution in [2.75, 3.05) is 45.8 Å². The molecule has 1 aromatic rings. The predicted octanol–water partition coefficient (Wildman–Crippen LogP) is 3.96. The van der Waals surface area contributed by atoms with Crippen LogP contribution in [0.3, 0.4) is 0 Å². The minimum Gasteiger partial charge on any atom is -0.384 e. The zero-order valence-corrected chi connectivity index (χ0v) is 15.4. The van der Waals surface area contributed by atoms with Gasteiger partial charge in [-0.1, -0.05) is 0 Å². The van der Waals surface area contributed by atoms with Gasteiger partial charge in [0.2, 0.25) is 0 Å². The number of nitrogens with one attached hydrogen (secondary N) is 1. The summed E-state index contributed by atoms with van der Waals surface area (Å²) in [7, 11) is 6.38. The summed E-state index contributed by atoms with van der Waals surface area (Å²) in [6.45, 7) is 2.06. The van der Waals surface area contributed by atoms with Gasteiger partial charge in [-0.05, 0) is 49.3 Å². The molecular weight excluding hydrogens is 302 g/mol. The highest BCUT2D eigenvalue weighted by atomic mass is 32.2. The van der Waals surface area contributed by atoms with Crippen LogP contribution in [-0.4, -0.2) is 50.3 Å². The highest BCUT2D eigenvalue weighted by Gasteiger charge is 2.22. The molecule has 1 heterocycles. The topological polar surface area (TPSA) is 18.5 Å². The second kappa shape index (κ2) is 6.91. The third-order valence-electron chi connectivity index (χ3n) is 4.48. The average Bonchev–Trinajstić information content (AvgIpc) is 3.36. The first-order valence-corrected chi connectivity index (χ1v) is 9.51. The van der Waals surface area contributed by atoms with E-state index in [-0.39, 0.29) is 0 Å². The van der Waals surface area contributed by atoms with Gasteiger partial charge in [0.25, 0.3) is 0 Å². The van der Waals surface area contributed by atoms with E-state index in [0.29, 0.717) is 0 Å². The summed E-state index contributed by atoms with van der Waals surface area (Å²) in [6.07, 6.45) is 9.47. The predicted molar refractivity (Wildman–Crippen MR) is 102 cm³/mol. The molecular formula is C19H27N3S. The Hall–Kier alpha value is -1.55. The molecule has 0 radical (unpaired) electrons. The SMILES string of the molecule is CSc1ccc(NCC2CC2)c(C2=CN(C)CC(N(C)C)=C2)c1. The molecule has 3 nitrogen and oxygen atoms in total. The first kappa shape index (κ1) is 16.3. The fraction of sp³-hybridized carbons (Fsp3) is 0.474. The van der Waals surface area contributed by atoms with Crippen LogP contribution in [0.5, 0.6) is 0 Å². The molecule has 1 aliphatic carbocycles. The average molecular weight is 330 g/mol. The number of thioether (sulfide) groups is 1. The highest BCUT2D eigenvalue weighted by Crippen LogP contribution is 2.34. The van der Waals surface area contributed by atoms with Crippen LogP contribution in [0.2, 0.25) is 0 Å². The van der Waals surface area contributed by atoms with Crippen LogP contribution in [0, 0.1) is 5.92 Å². The summed E-state index contributed by atoms with van der Waals surface area (Å²) in [5.74, 6) is 0.874. The van der Waals surface area contributed by atoms with E-state index in [4.69, 9.17) is 0 Å². The van der Waals surface area contributed by atoms with E-state index in [1.165, 1.54) is 40.3 Å². The van der Waals surface area contributed by atoms with Gasteiger partial charge in [0.1, 0.15) is 0 Å². The highest BCUT2D eigenvalue weighted by molar-refractivity contribution is 7.98. The van der Waals surface area contributed by atoms with Crippen molar-refractivity contribution in [2.45, 2.75) is 17.7 Å². The Morgan fingerprint density at radius 2 is 2.09 bits per heavy atom. The van der Waals surface area contributed by atoms with E-state index >= 15 is 0 Å². The molecule has 0 spiro atoms. The molecule has 3 rings (SSSR count). The van der Waals surface area contributed by atoms with Crippen molar-refractivity contribution in [1.82, 2.24) is 9.80 Å². The van der Waals surface area contributed by atoms with E-state index in [1.807, 2.05) is 0 Å². The summed E-state index contributed by atoms with van der Waals surface area (Å²) < 4.78 is 0. The minimum atomic E-state index is 0.874. The number of benzene rings is 1. The summed E-state index contributed by atoms with van der Waals surface area (Å²) in [5.41, 5.74) is 5.19. The van der Waals surface area contributed by atoms with Crippen molar-refractivity contribution in [3.63, 3.8) is 0 Å². The van der Waals surface area contributed by atoms with Gasteiger partial charge in [-0.25, -0.2) is 0 Å². The van der Waals surface area contributed by atoms with Crippen LogP contribution in [0.15, 0.2) is 41.1 Å². The van der Waals surface area contributed by atoms with Gasteiger partial charge >= 0.3 is 0 Å². The number of likely N-dealkylation sites (N-methyl/N-ethyl adjacent to an activating group) is 2. The first-order valence-electron chi connectivity index (χ1n) is 8.29. The Balaban J connectivity index is 1.94. The Labute approximate surface area is 144 Å². The molecule has 23 heavy (non-hydrogen) atoms. The molecule has 1 aliphatic heterocycles. The minimum absolute atomic E-state index is 0.874. The monoisotopic (exact) mass is 329 g/mol. The van der Waals surface area contributed by atoms with Crippen LogP contribution < -0.4 is 5.32 Å².